The molecule has 0 amide bonds. The van der Waals surface area contributed by atoms with Crippen molar-refractivity contribution in [2.24, 2.45) is 5.92 Å². The van der Waals surface area contributed by atoms with Crippen molar-refractivity contribution in [3.63, 3.8) is 0 Å². The van der Waals surface area contributed by atoms with E-state index in [4.69, 9.17) is 4.74 Å². The van der Waals surface area contributed by atoms with Crippen LogP contribution >= 0.6 is 0 Å². The quantitative estimate of drug-likeness (QED) is 0.800. The van der Waals surface area contributed by atoms with Crippen LogP contribution in [-0.4, -0.2) is 72.1 Å². The average Bonchev–Trinajstić information content (AvgIpc) is 2.78. The molecule has 2 aliphatic rings. The summed E-state index contributed by atoms with van der Waals surface area (Å²) in [6.45, 7) is 15.4. The fourth-order valence-corrected chi connectivity index (χ4v) is 3.50. The van der Waals surface area contributed by atoms with Crippen LogP contribution in [0.25, 0.3) is 0 Å². The molecule has 0 radical (unpaired) electrons. The monoisotopic (exact) mass is 348 g/mol. The Hall–Kier alpha value is -1.24. The Bertz CT molecular complexity index is 609. The Morgan fingerprint density at radius 2 is 1.88 bits per heavy atom. The van der Waals surface area contributed by atoms with Crippen LogP contribution in [0.4, 0.5) is 0 Å². The molecular formula is C19H32N4O2. The van der Waals surface area contributed by atoms with E-state index < -0.39 is 0 Å². The molecule has 0 atom stereocenters. The topological polar surface area (TPSA) is 50.6 Å². The summed E-state index contributed by atoms with van der Waals surface area (Å²) in [5.41, 5.74) is 0.959. The predicted molar refractivity (Wildman–Crippen MR) is 99.0 cm³/mol. The summed E-state index contributed by atoms with van der Waals surface area (Å²) in [7, 11) is 0. The fourth-order valence-electron chi connectivity index (χ4n) is 3.50. The normalized spacial score (nSPS) is 21.1. The van der Waals surface area contributed by atoms with Gasteiger partial charge >= 0.3 is 0 Å². The molecular weight excluding hydrogens is 316 g/mol. The minimum atomic E-state index is -0.0298. The maximum absolute atomic E-state index is 12.1. The fraction of sp³-hybridized carbons (Fsp3) is 0.789. The predicted octanol–water partition coefficient (Wildman–Crippen LogP) is 1.19. The highest BCUT2D eigenvalue weighted by molar-refractivity contribution is 5.10. The summed E-state index contributed by atoms with van der Waals surface area (Å²) in [6, 6.07) is 3.52. The van der Waals surface area contributed by atoms with Gasteiger partial charge in [-0.1, -0.05) is 20.8 Å². The van der Waals surface area contributed by atoms with Gasteiger partial charge in [0.15, 0.2) is 0 Å². The van der Waals surface area contributed by atoms with Gasteiger partial charge in [0.05, 0.1) is 18.8 Å². The molecule has 6 heteroatoms. The molecule has 0 spiro atoms. The summed E-state index contributed by atoms with van der Waals surface area (Å²) in [5.74, 6) is 0.535. The Morgan fingerprint density at radius 1 is 1.12 bits per heavy atom. The molecule has 140 valence electrons. The molecule has 0 aliphatic carbocycles. The molecule has 3 heterocycles. The molecule has 0 unspecified atom stereocenters. The number of likely N-dealkylation sites (tertiary alicyclic amines) is 1. The van der Waals surface area contributed by atoms with Gasteiger partial charge in [0.25, 0.3) is 5.56 Å². The molecule has 2 fully saturated rings. The summed E-state index contributed by atoms with van der Waals surface area (Å²) in [5, 5.41) is 4.58. The Balaban J connectivity index is 1.45. The van der Waals surface area contributed by atoms with Crippen molar-refractivity contribution in [3.05, 3.63) is 28.2 Å². The molecule has 25 heavy (non-hydrogen) atoms. The van der Waals surface area contributed by atoms with Gasteiger partial charge in [0.2, 0.25) is 0 Å². The molecule has 1 aromatic rings. The van der Waals surface area contributed by atoms with Crippen molar-refractivity contribution >= 4 is 0 Å². The highest BCUT2D eigenvalue weighted by Crippen LogP contribution is 2.20. The molecule has 0 N–H and O–H groups in total. The first kappa shape index (κ1) is 18.5. The van der Waals surface area contributed by atoms with E-state index in [1.807, 2.05) is 6.07 Å². The van der Waals surface area contributed by atoms with E-state index in [0.717, 1.165) is 71.1 Å². The number of rotatable bonds is 5. The van der Waals surface area contributed by atoms with Crippen molar-refractivity contribution in [1.29, 1.82) is 0 Å². The second kappa shape index (κ2) is 7.98. The maximum Gasteiger partial charge on any atom is 0.266 e. The molecule has 3 rings (SSSR count). The van der Waals surface area contributed by atoms with Crippen molar-refractivity contribution in [2.75, 3.05) is 52.5 Å². The third kappa shape index (κ3) is 5.12. The molecule has 0 bridgehead atoms. The van der Waals surface area contributed by atoms with Crippen LogP contribution in [0, 0.1) is 5.92 Å². The van der Waals surface area contributed by atoms with Crippen molar-refractivity contribution < 1.29 is 4.74 Å². The van der Waals surface area contributed by atoms with Gasteiger partial charge in [-0.05, 0) is 12.5 Å². The van der Waals surface area contributed by atoms with E-state index in [0.29, 0.717) is 5.92 Å². The number of nitrogens with zero attached hydrogens (tertiary/aromatic N) is 4. The summed E-state index contributed by atoms with van der Waals surface area (Å²) >= 11 is 0. The van der Waals surface area contributed by atoms with Gasteiger partial charge in [-0.15, -0.1) is 0 Å². The Kier molecular flexibility index (Phi) is 5.92. The lowest BCUT2D eigenvalue weighted by Gasteiger charge is -2.40. The summed E-state index contributed by atoms with van der Waals surface area (Å²) in [6.07, 6.45) is 1.14. The Morgan fingerprint density at radius 3 is 2.64 bits per heavy atom. The number of hydrogen-bond donors (Lipinski definition) is 0. The van der Waals surface area contributed by atoms with Gasteiger partial charge in [-0.2, -0.15) is 5.10 Å². The van der Waals surface area contributed by atoms with Gasteiger partial charge in [0.1, 0.15) is 0 Å². The lowest BCUT2D eigenvalue weighted by molar-refractivity contribution is 0.0700. The van der Waals surface area contributed by atoms with E-state index in [2.05, 4.69) is 35.7 Å². The van der Waals surface area contributed by atoms with Crippen molar-refractivity contribution in [3.8, 4) is 0 Å². The molecule has 0 aromatic carbocycles. The van der Waals surface area contributed by atoms with Gasteiger partial charge < -0.3 is 9.64 Å². The second-order valence-electron chi connectivity index (χ2n) is 8.42. The summed E-state index contributed by atoms with van der Waals surface area (Å²) < 4.78 is 7.17. The van der Waals surface area contributed by atoms with Crippen molar-refractivity contribution in [1.82, 2.24) is 19.6 Å². The van der Waals surface area contributed by atoms with Gasteiger partial charge in [-0.3, -0.25) is 9.69 Å². The first-order valence-corrected chi connectivity index (χ1v) is 9.53. The molecule has 2 aliphatic heterocycles. The largest absolute Gasteiger partial charge is 0.380 e. The zero-order valence-corrected chi connectivity index (χ0v) is 15.9. The first-order valence-electron chi connectivity index (χ1n) is 9.53. The minimum Gasteiger partial charge on any atom is -0.380 e. The number of aromatic nitrogens is 2. The Labute approximate surface area is 150 Å². The van der Waals surface area contributed by atoms with Crippen LogP contribution in [0.3, 0.4) is 0 Å². The van der Waals surface area contributed by atoms with Crippen LogP contribution in [0.5, 0.6) is 0 Å². The molecule has 0 saturated carbocycles. The van der Waals surface area contributed by atoms with Crippen molar-refractivity contribution in [2.45, 2.75) is 39.2 Å². The second-order valence-corrected chi connectivity index (χ2v) is 8.42. The maximum atomic E-state index is 12.1. The standard InChI is InChI=1S/C19H32N4O2/c1-19(2,3)17-5-6-18(24)23(20-17)15-16-13-22(14-16)9-8-21-7-4-11-25-12-10-21/h5-6,16H,4,7-15H2,1-3H3. The first-order chi connectivity index (χ1) is 11.9. The molecule has 6 nitrogen and oxygen atoms in total. The minimum absolute atomic E-state index is 0.0102. The third-order valence-electron chi connectivity index (χ3n) is 5.15. The van der Waals surface area contributed by atoms with E-state index in [9.17, 15) is 4.79 Å². The zero-order valence-electron chi connectivity index (χ0n) is 15.9. The smallest absolute Gasteiger partial charge is 0.266 e. The van der Waals surface area contributed by atoms with Crippen LogP contribution in [0.1, 0.15) is 32.9 Å². The number of ether oxygens (including phenoxy) is 1. The van der Waals surface area contributed by atoms with E-state index in [-0.39, 0.29) is 11.0 Å². The number of hydrogen-bond acceptors (Lipinski definition) is 5. The van der Waals surface area contributed by atoms with Crippen LogP contribution < -0.4 is 5.56 Å². The lowest BCUT2D eigenvalue weighted by Crippen LogP contribution is -2.52. The van der Waals surface area contributed by atoms with Crippen LogP contribution in [0.2, 0.25) is 0 Å². The SMILES string of the molecule is CC(C)(C)c1ccc(=O)n(CC2CN(CCN3CCCOCC3)C2)n1. The summed E-state index contributed by atoms with van der Waals surface area (Å²) in [4.78, 5) is 17.1. The third-order valence-corrected chi connectivity index (χ3v) is 5.15. The highest BCUT2D eigenvalue weighted by atomic mass is 16.5. The van der Waals surface area contributed by atoms with E-state index >= 15 is 0 Å². The molecule has 2 saturated heterocycles. The average molecular weight is 348 g/mol. The van der Waals surface area contributed by atoms with Gasteiger partial charge in [-0.25, -0.2) is 4.68 Å². The van der Waals surface area contributed by atoms with E-state index in [1.54, 1.807) is 10.7 Å². The van der Waals surface area contributed by atoms with Crippen LogP contribution in [-0.2, 0) is 16.7 Å². The highest BCUT2D eigenvalue weighted by Gasteiger charge is 2.28. The van der Waals surface area contributed by atoms with Crippen LogP contribution in [0.15, 0.2) is 16.9 Å². The zero-order chi connectivity index (χ0) is 17.9. The molecule has 1 aromatic heterocycles. The lowest BCUT2D eigenvalue weighted by atomic mass is 9.92. The van der Waals surface area contributed by atoms with E-state index in [1.165, 1.54) is 0 Å². The van der Waals surface area contributed by atoms with Gasteiger partial charge in [0, 0.05) is 63.3 Å².